The van der Waals surface area contributed by atoms with Gasteiger partial charge in [0.15, 0.2) is 11.4 Å². The number of nitrogens with zero attached hydrogens (tertiary/aromatic N) is 3. The van der Waals surface area contributed by atoms with Gasteiger partial charge in [-0.05, 0) is 40.4 Å². The molecule has 0 aliphatic carbocycles. The molecule has 0 amide bonds. The fraction of sp³-hybridized carbons (Fsp3) is 0.100. The van der Waals surface area contributed by atoms with Crippen LogP contribution in [0.5, 0.6) is 0 Å². The van der Waals surface area contributed by atoms with Crippen LogP contribution in [0.2, 0.25) is 0 Å². The van der Waals surface area contributed by atoms with Crippen molar-refractivity contribution >= 4 is 49.4 Å². The van der Waals surface area contributed by atoms with E-state index in [-0.39, 0.29) is 0 Å². The number of hydrogen-bond donors (Lipinski definition) is 2. The number of nitrogens with one attached hydrogen (secondary N) is 2. The molecule has 0 atom stereocenters. The zero-order chi connectivity index (χ0) is 12.3. The lowest BCUT2D eigenvalue weighted by atomic mass is 10.2. The summed E-state index contributed by atoms with van der Waals surface area (Å²) in [6.45, 7) is 0. The van der Waals surface area contributed by atoms with Crippen molar-refractivity contribution < 1.29 is 0 Å². The van der Waals surface area contributed by atoms with Crippen molar-refractivity contribution in [3.8, 4) is 6.19 Å². The zero-order valence-corrected chi connectivity index (χ0v) is 11.3. The van der Waals surface area contributed by atoms with Gasteiger partial charge in [-0.3, -0.25) is 10.4 Å². The summed E-state index contributed by atoms with van der Waals surface area (Å²) in [5.41, 5.74) is 1.58. The number of H-pyrrole nitrogens is 1. The smallest absolute Gasteiger partial charge is 0.183 e. The Labute approximate surface area is 110 Å². The second-order valence-corrected chi connectivity index (χ2v) is 4.68. The molecule has 5 nitrogen and oxygen atoms in total. The number of aromatic amines is 1. The van der Waals surface area contributed by atoms with Crippen molar-refractivity contribution in [1.82, 2.24) is 15.5 Å². The van der Waals surface area contributed by atoms with Crippen LogP contribution in [-0.2, 0) is 0 Å². The summed E-state index contributed by atoms with van der Waals surface area (Å²) in [4.78, 5) is 4.30. The molecule has 2 rings (SSSR count). The third-order valence-electron chi connectivity index (χ3n) is 2.08. The van der Waals surface area contributed by atoms with Crippen LogP contribution in [0.3, 0.4) is 0 Å². The molecule has 0 saturated carbocycles. The molecule has 0 fully saturated rings. The SMILES string of the molecule is CSC(=Nc1ccc2c(Br)[nH]nc2c1)NC#N. The quantitative estimate of drug-likeness (QED) is 0.367. The third kappa shape index (κ3) is 2.60. The van der Waals surface area contributed by atoms with Crippen molar-refractivity contribution in [3.63, 3.8) is 0 Å². The van der Waals surface area contributed by atoms with Gasteiger partial charge in [-0.1, -0.05) is 11.8 Å². The van der Waals surface area contributed by atoms with Gasteiger partial charge >= 0.3 is 0 Å². The zero-order valence-electron chi connectivity index (χ0n) is 8.86. The molecule has 2 aromatic rings. The number of thioether (sulfide) groups is 1. The van der Waals surface area contributed by atoms with Crippen LogP contribution < -0.4 is 5.32 Å². The Morgan fingerprint density at radius 2 is 2.47 bits per heavy atom. The Morgan fingerprint density at radius 1 is 1.65 bits per heavy atom. The molecular formula is C10H8BrN5S. The van der Waals surface area contributed by atoms with Crippen LogP contribution in [0.1, 0.15) is 0 Å². The number of aliphatic imine (C=N–C) groups is 1. The third-order valence-corrected chi connectivity index (χ3v) is 3.26. The molecule has 0 radical (unpaired) electrons. The Morgan fingerprint density at radius 3 is 3.18 bits per heavy atom. The van der Waals surface area contributed by atoms with Gasteiger partial charge in [0, 0.05) is 5.39 Å². The topological polar surface area (TPSA) is 76.9 Å². The van der Waals surface area contributed by atoms with Crippen molar-refractivity contribution in [2.45, 2.75) is 0 Å². The number of fused-ring (bicyclic) bond motifs is 1. The lowest BCUT2D eigenvalue weighted by Gasteiger charge is -1.99. The minimum Gasteiger partial charge on any atom is -0.271 e. The first kappa shape index (κ1) is 12.0. The van der Waals surface area contributed by atoms with Crippen molar-refractivity contribution in [1.29, 1.82) is 5.26 Å². The predicted molar refractivity (Wildman–Crippen MR) is 73.2 cm³/mol. The molecule has 7 heteroatoms. The van der Waals surface area contributed by atoms with Crippen LogP contribution >= 0.6 is 27.7 Å². The maximum absolute atomic E-state index is 8.54. The Bertz CT molecular complexity index is 613. The molecule has 0 aliphatic rings. The summed E-state index contributed by atoms with van der Waals surface area (Å²) >= 11 is 4.75. The molecule has 1 aromatic heterocycles. The molecule has 86 valence electrons. The van der Waals surface area contributed by atoms with E-state index < -0.39 is 0 Å². The number of aromatic nitrogens is 2. The van der Waals surface area contributed by atoms with Gasteiger partial charge in [0.25, 0.3) is 0 Å². The molecule has 17 heavy (non-hydrogen) atoms. The summed E-state index contributed by atoms with van der Waals surface area (Å²) in [7, 11) is 0. The minimum absolute atomic E-state index is 0.557. The average Bonchev–Trinajstić information content (AvgIpc) is 2.70. The predicted octanol–water partition coefficient (Wildman–Crippen LogP) is 2.75. The molecule has 1 aromatic carbocycles. The second kappa shape index (κ2) is 5.21. The lowest BCUT2D eigenvalue weighted by Crippen LogP contribution is -2.12. The van der Waals surface area contributed by atoms with E-state index in [1.807, 2.05) is 30.6 Å². The maximum atomic E-state index is 8.54. The van der Waals surface area contributed by atoms with E-state index in [0.29, 0.717) is 5.17 Å². The number of amidine groups is 1. The van der Waals surface area contributed by atoms with E-state index in [0.717, 1.165) is 21.2 Å². The first-order chi connectivity index (χ1) is 8.24. The largest absolute Gasteiger partial charge is 0.271 e. The number of benzene rings is 1. The van der Waals surface area contributed by atoms with Crippen molar-refractivity contribution in [3.05, 3.63) is 22.8 Å². The van der Waals surface area contributed by atoms with Crippen LogP contribution in [0.4, 0.5) is 5.69 Å². The standard InChI is InChI=1S/C10H8BrN5S/c1-17-10(13-5-12)14-6-2-3-7-8(4-6)15-16-9(7)11/h2-4H,1H3,(H,13,14)(H,15,16). The van der Waals surface area contributed by atoms with E-state index in [2.05, 4.69) is 36.4 Å². The lowest BCUT2D eigenvalue weighted by molar-refractivity contribution is 1.10. The second-order valence-electron chi connectivity index (χ2n) is 3.10. The van der Waals surface area contributed by atoms with Crippen LogP contribution in [0.25, 0.3) is 10.9 Å². The van der Waals surface area contributed by atoms with Gasteiger partial charge in [0.2, 0.25) is 0 Å². The van der Waals surface area contributed by atoms with Crippen LogP contribution in [0.15, 0.2) is 27.8 Å². The highest BCUT2D eigenvalue weighted by Crippen LogP contribution is 2.25. The summed E-state index contributed by atoms with van der Waals surface area (Å²) in [5.74, 6) is 0. The van der Waals surface area contributed by atoms with Crippen molar-refractivity contribution in [2.24, 2.45) is 4.99 Å². The molecule has 0 bridgehead atoms. The van der Waals surface area contributed by atoms with E-state index >= 15 is 0 Å². The first-order valence-electron chi connectivity index (χ1n) is 4.66. The minimum atomic E-state index is 0.557. The monoisotopic (exact) mass is 309 g/mol. The highest BCUT2D eigenvalue weighted by atomic mass is 79.9. The molecule has 0 aliphatic heterocycles. The van der Waals surface area contributed by atoms with Gasteiger partial charge in [0.1, 0.15) is 4.60 Å². The Kier molecular flexibility index (Phi) is 3.66. The fourth-order valence-electron chi connectivity index (χ4n) is 1.33. The van der Waals surface area contributed by atoms with Gasteiger partial charge in [-0.15, -0.1) is 0 Å². The fourth-order valence-corrected chi connectivity index (χ4v) is 2.10. The van der Waals surface area contributed by atoms with E-state index in [4.69, 9.17) is 5.26 Å². The van der Waals surface area contributed by atoms with Gasteiger partial charge < -0.3 is 0 Å². The highest BCUT2D eigenvalue weighted by molar-refractivity contribution is 9.10. The van der Waals surface area contributed by atoms with Gasteiger partial charge in [-0.25, -0.2) is 4.99 Å². The number of nitriles is 1. The molecule has 2 N–H and O–H groups in total. The number of hydrogen-bond acceptors (Lipinski definition) is 4. The van der Waals surface area contributed by atoms with Gasteiger partial charge in [-0.2, -0.15) is 10.4 Å². The van der Waals surface area contributed by atoms with Crippen LogP contribution in [0, 0.1) is 11.5 Å². The van der Waals surface area contributed by atoms with E-state index in [1.165, 1.54) is 11.8 Å². The summed E-state index contributed by atoms with van der Waals surface area (Å²) in [6.07, 6.45) is 3.70. The highest BCUT2D eigenvalue weighted by Gasteiger charge is 2.03. The molecular weight excluding hydrogens is 302 g/mol. The summed E-state index contributed by atoms with van der Waals surface area (Å²) in [5, 5.41) is 19.6. The van der Waals surface area contributed by atoms with E-state index in [1.54, 1.807) is 0 Å². The Hall–Kier alpha value is -1.52. The molecule has 0 saturated heterocycles. The van der Waals surface area contributed by atoms with Crippen molar-refractivity contribution in [2.75, 3.05) is 6.26 Å². The Balaban J connectivity index is 2.40. The summed E-state index contributed by atoms with van der Waals surface area (Å²) < 4.78 is 0.850. The van der Waals surface area contributed by atoms with Gasteiger partial charge in [0.05, 0.1) is 11.2 Å². The maximum Gasteiger partial charge on any atom is 0.183 e. The number of halogens is 1. The van der Waals surface area contributed by atoms with E-state index in [9.17, 15) is 0 Å². The number of rotatable bonds is 1. The molecule has 0 unspecified atom stereocenters. The first-order valence-corrected chi connectivity index (χ1v) is 6.68. The average molecular weight is 310 g/mol. The molecule has 1 heterocycles. The molecule has 0 spiro atoms. The van der Waals surface area contributed by atoms with Crippen LogP contribution in [-0.4, -0.2) is 21.6 Å². The normalized spacial score (nSPS) is 11.5. The summed E-state index contributed by atoms with van der Waals surface area (Å²) in [6, 6.07) is 5.65.